The molecule has 0 rings (SSSR count). The van der Waals surface area contributed by atoms with E-state index in [0.29, 0.717) is 19.4 Å². The highest BCUT2D eigenvalue weighted by molar-refractivity contribution is 5.76. The molecular formula is C76H143NO5. The number of nitrogens with one attached hydrogen (secondary N) is 1. The maximum Gasteiger partial charge on any atom is 0.305 e. The molecule has 482 valence electrons. The van der Waals surface area contributed by atoms with E-state index in [1.165, 1.54) is 321 Å². The van der Waals surface area contributed by atoms with Crippen LogP contribution in [0.15, 0.2) is 48.6 Å². The number of allylic oxidation sites excluding steroid dienone is 7. The molecule has 1 amide bonds. The minimum Gasteiger partial charge on any atom is -0.466 e. The lowest BCUT2D eigenvalue weighted by molar-refractivity contribution is -0.143. The fourth-order valence-corrected chi connectivity index (χ4v) is 11.4. The molecule has 3 N–H and O–H groups in total. The van der Waals surface area contributed by atoms with Crippen LogP contribution in [0.3, 0.4) is 0 Å². The molecule has 0 spiro atoms. The van der Waals surface area contributed by atoms with Crippen LogP contribution in [0.4, 0.5) is 0 Å². The van der Waals surface area contributed by atoms with E-state index in [2.05, 4.69) is 55.6 Å². The molecule has 0 radical (unpaired) electrons. The van der Waals surface area contributed by atoms with Gasteiger partial charge in [0.15, 0.2) is 0 Å². The number of hydrogen-bond acceptors (Lipinski definition) is 5. The summed E-state index contributed by atoms with van der Waals surface area (Å²) < 4.78 is 5.47. The number of carbonyl (C=O) groups is 2. The van der Waals surface area contributed by atoms with E-state index in [-0.39, 0.29) is 18.5 Å². The second-order valence-corrected chi connectivity index (χ2v) is 25.3. The van der Waals surface area contributed by atoms with Gasteiger partial charge in [0.2, 0.25) is 5.91 Å². The van der Waals surface area contributed by atoms with Crippen molar-refractivity contribution in [3.63, 3.8) is 0 Å². The normalized spacial score (nSPS) is 12.8. The summed E-state index contributed by atoms with van der Waals surface area (Å²) in [6.45, 7) is 4.91. The Morgan fingerprint density at radius 3 is 0.963 bits per heavy atom. The van der Waals surface area contributed by atoms with Gasteiger partial charge < -0.3 is 20.3 Å². The Labute approximate surface area is 512 Å². The fraction of sp³-hybridized carbons (Fsp3) is 0.868. The molecule has 82 heavy (non-hydrogen) atoms. The number of esters is 1. The standard InChI is InChI=1S/C76H143NO5/c1-3-5-7-9-11-13-15-17-18-19-20-36-39-42-45-48-52-56-60-64-68-74(79)73(72-78)77-75(80)69-65-61-57-53-49-46-43-40-37-34-32-30-28-26-24-22-21-23-25-27-29-31-33-35-38-41-44-47-51-55-59-63-67-71-82-76(81)70-66-62-58-54-50-16-14-12-10-8-6-4-2/h12,14,25,27,31,33,64,68,73-74,78-79H,3-11,13,15-24,26,28-30,32,34-63,65-67,69-72H2,1-2H3,(H,77,80)/b14-12-,27-25-,33-31-,68-64+. The lowest BCUT2D eigenvalue weighted by atomic mass is 10.0. The molecule has 0 fully saturated rings. The Bertz CT molecular complexity index is 1370. The smallest absolute Gasteiger partial charge is 0.305 e. The van der Waals surface area contributed by atoms with E-state index in [1.54, 1.807) is 6.08 Å². The Balaban J connectivity index is 3.41. The van der Waals surface area contributed by atoms with Gasteiger partial charge in [-0.2, -0.15) is 0 Å². The summed E-state index contributed by atoms with van der Waals surface area (Å²) >= 11 is 0. The van der Waals surface area contributed by atoms with Gasteiger partial charge in [-0.1, -0.05) is 345 Å². The number of unbranched alkanes of at least 4 members (excludes halogenated alkanes) is 52. The number of aliphatic hydroxyl groups excluding tert-OH is 2. The van der Waals surface area contributed by atoms with E-state index in [4.69, 9.17) is 4.74 Å². The summed E-state index contributed by atoms with van der Waals surface area (Å²) in [7, 11) is 0. The van der Waals surface area contributed by atoms with Gasteiger partial charge in [0.1, 0.15) is 0 Å². The van der Waals surface area contributed by atoms with Crippen molar-refractivity contribution in [1.29, 1.82) is 0 Å². The second-order valence-electron chi connectivity index (χ2n) is 25.3. The lowest BCUT2D eigenvalue weighted by Gasteiger charge is -2.20. The molecule has 0 saturated heterocycles. The largest absolute Gasteiger partial charge is 0.466 e. The maximum absolute atomic E-state index is 12.5. The lowest BCUT2D eigenvalue weighted by Crippen LogP contribution is -2.45. The number of rotatable bonds is 69. The molecule has 0 bridgehead atoms. The van der Waals surface area contributed by atoms with Crippen LogP contribution in [0.1, 0.15) is 399 Å². The third-order valence-electron chi connectivity index (χ3n) is 17.1. The molecule has 0 aromatic carbocycles. The first-order chi connectivity index (χ1) is 40.5. The van der Waals surface area contributed by atoms with Crippen LogP contribution < -0.4 is 5.32 Å². The SMILES string of the molecule is CCCCC/C=C\CCCCCCCC(=O)OCCCCCCCCCCC/C=C\C/C=C\CCCCCCCCCCCCCCCCCCCC(=O)NC(CO)C(O)/C=C/CCCCCCCCCCCCCCCCCCCC. The van der Waals surface area contributed by atoms with Crippen molar-refractivity contribution < 1.29 is 24.5 Å². The number of carbonyl (C=O) groups excluding carboxylic acids is 2. The molecular weight excluding hydrogens is 1010 g/mol. The monoisotopic (exact) mass is 1150 g/mol. The Kier molecular flexibility index (Phi) is 69.4. The van der Waals surface area contributed by atoms with Gasteiger partial charge in [0.05, 0.1) is 25.4 Å². The zero-order valence-electron chi connectivity index (χ0n) is 55.2. The molecule has 0 heterocycles. The summed E-state index contributed by atoms with van der Waals surface area (Å²) in [6, 6.07) is -0.628. The summed E-state index contributed by atoms with van der Waals surface area (Å²) in [5.41, 5.74) is 0. The van der Waals surface area contributed by atoms with Crippen molar-refractivity contribution in [2.45, 2.75) is 411 Å². The van der Waals surface area contributed by atoms with Crippen molar-refractivity contribution in [3.8, 4) is 0 Å². The van der Waals surface area contributed by atoms with Crippen LogP contribution >= 0.6 is 0 Å². The second kappa shape index (κ2) is 71.3. The molecule has 0 aliphatic heterocycles. The third-order valence-corrected chi connectivity index (χ3v) is 17.1. The van der Waals surface area contributed by atoms with Gasteiger partial charge >= 0.3 is 5.97 Å². The highest BCUT2D eigenvalue weighted by Gasteiger charge is 2.18. The maximum atomic E-state index is 12.5. The van der Waals surface area contributed by atoms with Crippen molar-refractivity contribution >= 4 is 11.9 Å². The van der Waals surface area contributed by atoms with Crippen molar-refractivity contribution in [2.75, 3.05) is 13.2 Å². The minimum atomic E-state index is -0.845. The summed E-state index contributed by atoms with van der Waals surface area (Å²) in [6.07, 6.45) is 93.5. The third kappa shape index (κ3) is 67.0. The molecule has 0 aliphatic rings. The molecule has 2 unspecified atom stereocenters. The van der Waals surface area contributed by atoms with E-state index < -0.39 is 12.1 Å². The zero-order chi connectivity index (χ0) is 59.2. The summed E-state index contributed by atoms with van der Waals surface area (Å²) in [4.78, 5) is 24.5. The first-order valence-electron chi connectivity index (χ1n) is 36.9. The van der Waals surface area contributed by atoms with Crippen molar-refractivity contribution in [2.24, 2.45) is 0 Å². The Morgan fingerprint density at radius 1 is 0.341 bits per heavy atom. The average molecular weight is 1150 g/mol. The van der Waals surface area contributed by atoms with Crippen molar-refractivity contribution in [3.05, 3.63) is 48.6 Å². The van der Waals surface area contributed by atoms with Crippen LogP contribution in [0.25, 0.3) is 0 Å². The van der Waals surface area contributed by atoms with E-state index in [0.717, 1.165) is 51.4 Å². The van der Waals surface area contributed by atoms with Gasteiger partial charge in [-0.15, -0.1) is 0 Å². The van der Waals surface area contributed by atoms with Gasteiger partial charge in [-0.05, 0) is 89.9 Å². The van der Waals surface area contributed by atoms with Crippen LogP contribution in [-0.4, -0.2) is 47.4 Å². The number of aliphatic hydroxyl groups is 2. The highest BCUT2D eigenvalue weighted by atomic mass is 16.5. The fourth-order valence-electron chi connectivity index (χ4n) is 11.4. The molecule has 6 heteroatoms. The zero-order valence-corrected chi connectivity index (χ0v) is 55.2. The van der Waals surface area contributed by atoms with E-state index in [9.17, 15) is 19.8 Å². The quantitative estimate of drug-likeness (QED) is 0.0320. The van der Waals surface area contributed by atoms with Crippen LogP contribution in [-0.2, 0) is 14.3 Å². The predicted octanol–water partition coefficient (Wildman–Crippen LogP) is 24.0. The van der Waals surface area contributed by atoms with Crippen LogP contribution in [0.2, 0.25) is 0 Å². The Morgan fingerprint density at radius 2 is 0.610 bits per heavy atom. The average Bonchev–Trinajstić information content (AvgIpc) is 3.48. The highest BCUT2D eigenvalue weighted by Crippen LogP contribution is 2.18. The van der Waals surface area contributed by atoms with Gasteiger partial charge in [-0.3, -0.25) is 9.59 Å². The van der Waals surface area contributed by atoms with Crippen LogP contribution in [0.5, 0.6) is 0 Å². The first-order valence-corrected chi connectivity index (χ1v) is 36.9. The summed E-state index contributed by atoms with van der Waals surface area (Å²) in [5, 5.41) is 23.3. The number of hydrogen-bond donors (Lipinski definition) is 3. The number of ether oxygens (including phenoxy) is 1. The summed E-state index contributed by atoms with van der Waals surface area (Å²) in [5.74, 6) is -0.0587. The number of amides is 1. The molecule has 2 atom stereocenters. The van der Waals surface area contributed by atoms with Gasteiger partial charge in [0.25, 0.3) is 0 Å². The molecule has 0 aromatic heterocycles. The molecule has 0 aromatic rings. The van der Waals surface area contributed by atoms with Crippen LogP contribution in [0, 0.1) is 0 Å². The molecule has 0 saturated carbocycles. The van der Waals surface area contributed by atoms with Crippen molar-refractivity contribution in [1.82, 2.24) is 5.32 Å². The minimum absolute atomic E-state index is 0.00393. The topological polar surface area (TPSA) is 95.9 Å². The van der Waals surface area contributed by atoms with E-state index in [1.807, 2.05) is 6.08 Å². The Hall–Kier alpha value is -2.18. The van der Waals surface area contributed by atoms with Gasteiger partial charge in [0, 0.05) is 12.8 Å². The predicted molar refractivity (Wildman–Crippen MR) is 361 cm³/mol. The first kappa shape index (κ1) is 79.8. The van der Waals surface area contributed by atoms with Gasteiger partial charge in [-0.25, -0.2) is 0 Å². The van der Waals surface area contributed by atoms with E-state index >= 15 is 0 Å². The molecule has 6 nitrogen and oxygen atoms in total. The molecule has 0 aliphatic carbocycles.